The van der Waals surface area contributed by atoms with Crippen LogP contribution < -0.4 is 21.3 Å². The lowest BCUT2D eigenvalue weighted by Crippen LogP contribution is -2.27. The molecule has 0 heterocycles. The molecule has 0 bridgehead atoms. The fraction of sp³-hybridized carbons (Fsp3) is 0.556. The molecular weight excluding hydrogens is 632 g/mol. The molecule has 4 N–H and O–H groups in total. The molecule has 1 atom stereocenters. The van der Waals surface area contributed by atoms with Crippen molar-refractivity contribution in [3.05, 3.63) is 47.5 Å². The van der Waals surface area contributed by atoms with Gasteiger partial charge in [-0.1, -0.05) is 25.5 Å². The standard InChI is InChI=1S/C36H52N4O7S/c1-3-4-19-46-21-16-37-33(41)8-5-10-35(43)39-26-12-14-28-29-15-13-27(24-31(29)32(25-48)30(28)23-26)40-36(44)11-6-9-34(42)38-17-22-47-20-7-18-45-2/h12-15,23-24,32,48H,3-11,16-22,25H2,1-2H3,(H,37,41)(H,38,42)(H,39,43)(H,40,44)/i/hD. The summed E-state index contributed by atoms with van der Waals surface area (Å²) in [7, 11) is 1.64. The molecular formula is C36H52N4O7S. The summed E-state index contributed by atoms with van der Waals surface area (Å²) < 4.78 is 23.7. The zero-order valence-electron chi connectivity index (χ0n) is 29.3. The maximum atomic E-state index is 12.7. The minimum Gasteiger partial charge on any atom is -0.385 e. The Bertz CT molecular complexity index is 1360. The predicted molar refractivity (Wildman–Crippen MR) is 192 cm³/mol. The lowest BCUT2D eigenvalue weighted by molar-refractivity contribution is -0.122. The second kappa shape index (κ2) is 22.2. The molecule has 0 saturated carbocycles. The first kappa shape index (κ1) is 37.4. The van der Waals surface area contributed by atoms with Crippen molar-refractivity contribution in [1.82, 2.24) is 10.6 Å². The second-order valence-electron chi connectivity index (χ2n) is 11.8. The van der Waals surface area contributed by atoms with Crippen molar-refractivity contribution in [3.8, 4) is 11.1 Å². The van der Waals surface area contributed by atoms with E-state index in [1.165, 1.54) is 0 Å². The van der Waals surface area contributed by atoms with Crippen LogP contribution in [0.3, 0.4) is 0 Å². The molecule has 2 aromatic carbocycles. The van der Waals surface area contributed by atoms with Crippen molar-refractivity contribution < 1.29 is 33.4 Å². The van der Waals surface area contributed by atoms with Gasteiger partial charge in [0.2, 0.25) is 23.6 Å². The highest BCUT2D eigenvalue weighted by atomic mass is 32.1. The van der Waals surface area contributed by atoms with Crippen LogP contribution in [0.25, 0.3) is 11.1 Å². The zero-order chi connectivity index (χ0) is 35.3. The van der Waals surface area contributed by atoms with Crippen LogP contribution in [0, 0.1) is 0 Å². The van der Waals surface area contributed by atoms with E-state index in [2.05, 4.69) is 28.2 Å². The van der Waals surface area contributed by atoms with Crippen LogP contribution in [0.15, 0.2) is 36.4 Å². The van der Waals surface area contributed by atoms with Crippen molar-refractivity contribution in [2.75, 3.05) is 69.6 Å². The first-order chi connectivity index (χ1) is 23.9. The van der Waals surface area contributed by atoms with Gasteiger partial charge < -0.3 is 35.5 Å². The number of nitrogens with one attached hydrogen (secondary N) is 4. The Hall–Kier alpha value is -3.45. The van der Waals surface area contributed by atoms with Crippen molar-refractivity contribution in [3.63, 3.8) is 0 Å². The van der Waals surface area contributed by atoms with Crippen LogP contribution in [0.2, 0.25) is 0 Å². The fourth-order valence-electron chi connectivity index (χ4n) is 5.42. The van der Waals surface area contributed by atoms with E-state index in [0.717, 1.165) is 54.0 Å². The maximum Gasteiger partial charge on any atom is 0.224 e. The smallest absolute Gasteiger partial charge is 0.224 e. The third-order valence-corrected chi connectivity index (χ3v) is 8.24. The number of fused-ring (bicyclic) bond motifs is 3. The topological polar surface area (TPSA) is 144 Å². The Morgan fingerprint density at radius 2 is 1.19 bits per heavy atom. The minimum absolute atomic E-state index is 0.0801. The number of ether oxygens (including phenoxy) is 3. The predicted octanol–water partition coefficient (Wildman–Crippen LogP) is 5.05. The van der Waals surface area contributed by atoms with Crippen molar-refractivity contribution >= 4 is 47.5 Å². The average molecular weight is 686 g/mol. The average Bonchev–Trinajstić information content (AvgIpc) is 3.37. The van der Waals surface area contributed by atoms with Gasteiger partial charge in [0.1, 0.15) is 1.12 Å². The third-order valence-electron chi connectivity index (χ3n) is 7.91. The Balaban J connectivity index is 1.44. The molecule has 0 aromatic heterocycles. The van der Waals surface area contributed by atoms with Gasteiger partial charge in [-0.3, -0.25) is 19.2 Å². The Kier molecular flexibility index (Phi) is 17.3. The number of benzene rings is 2. The molecule has 0 fully saturated rings. The van der Waals surface area contributed by atoms with Crippen molar-refractivity contribution in [1.29, 1.82) is 1.12 Å². The normalized spacial score (nSPS) is 13.3. The quantitative estimate of drug-likeness (QED) is 0.0727. The number of methoxy groups -OCH3 is 1. The van der Waals surface area contributed by atoms with Crippen molar-refractivity contribution in [2.45, 2.75) is 70.6 Å². The molecule has 2 aromatic rings. The molecule has 3 rings (SSSR count). The number of carbonyl (C=O) groups is 4. The lowest BCUT2D eigenvalue weighted by Gasteiger charge is -2.13. The highest BCUT2D eigenvalue weighted by Crippen LogP contribution is 2.47. The second-order valence-corrected chi connectivity index (χ2v) is 12.1. The van der Waals surface area contributed by atoms with Gasteiger partial charge in [-0.2, -0.15) is 12.5 Å². The Labute approximate surface area is 291 Å². The van der Waals surface area contributed by atoms with Gasteiger partial charge in [0, 0.05) is 88.7 Å². The van der Waals surface area contributed by atoms with E-state index in [4.69, 9.17) is 15.3 Å². The molecule has 0 spiro atoms. The molecule has 11 nitrogen and oxygen atoms in total. The number of amides is 4. The summed E-state index contributed by atoms with van der Waals surface area (Å²) in [5.41, 5.74) is 5.42. The molecule has 0 aliphatic heterocycles. The molecule has 4 amide bonds. The Morgan fingerprint density at radius 3 is 1.67 bits per heavy atom. The summed E-state index contributed by atoms with van der Waals surface area (Å²) in [5, 5.41) is 11.5. The molecule has 264 valence electrons. The highest BCUT2D eigenvalue weighted by molar-refractivity contribution is 7.80. The van der Waals surface area contributed by atoms with E-state index < -0.39 is 0 Å². The lowest BCUT2D eigenvalue weighted by atomic mass is 9.98. The number of thiol groups is 1. The maximum absolute atomic E-state index is 12.7. The molecule has 0 radical (unpaired) electrons. The number of carbonyl (C=O) groups excluding carboxylic acids is 4. The van der Waals surface area contributed by atoms with Crippen LogP contribution in [0.4, 0.5) is 11.4 Å². The van der Waals surface area contributed by atoms with Gasteiger partial charge in [-0.25, -0.2) is 0 Å². The molecule has 1 unspecified atom stereocenters. The largest absolute Gasteiger partial charge is 0.385 e. The Morgan fingerprint density at radius 1 is 0.688 bits per heavy atom. The van der Waals surface area contributed by atoms with E-state index >= 15 is 0 Å². The number of rotatable bonds is 25. The summed E-state index contributed by atoms with van der Waals surface area (Å²) >= 11 is 0.993. The summed E-state index contributed by atoms with van der Waals surface area (Å²) in [6.45, 7) is 5.83. The number of unbranched alkanes of at least 4 members (excludes halogenated alkanes) is 1. The van der Waals surface area contributed by atoms with Crippen LogP contribution >= 0.6 is 12.5 Å². The van der Waals surface area contributed by atoms with Gasteiger partial charge in [-0.05, 0) is 72.2 Å². The molecule has 1 aliphatic rings. The molecule has 0 saturated heterocycles. The molecule has 48 heavy (non-hydrogen) atoms. The zero-order valence-corrected chi connectivity index (χ0v) is 29.1. The minimum atomic E-state index is -0.171. The van der Waals surface area contributed by atoms with Gasteiger partial charge in [0.05, 0.1) is 13.2 Å². The van der Waals surface area contributed by atoms with Gasteiger partial charge >= 0.3 is 0 Å². The van der Waals surface area contributed by atoms with E-state index in [9.17, 15) is 19.2 Å². The number of hydrogen-bond acceptors (Lipinski definition) is 8. The first-order valence-electron chi connectivity index (χ1n) is 17.4. The van der Waals surface area contributed by atoms with Crippen LogP contribution in [0.1, 0.15) is 81.8 Å². The van der Waals surface area contributed by atoms with E-state index in [1.807, 2.05) is 36.4 Å². The highest BCUT2D eigenvalue weighted by Gasteiger charge is 2.28. The van der Waals surface area contributed by atoms with Crippen LogP contribution in [0.5, 0.6) is 0 Å². The number of anilines is 2. The van der Waals surface area contributed by atoms with Gasteiger partial charge in [0.15, 0.2) is 0 Å². The SMILES string of the molecule is [2H]SCC1c2cc(NC(=O)CCCC(=O)NCCOCCCC)ccc2-c2ccc(NC(=O)CCCC(=O)NCCOCCCOC)cc21. The monoisotopic (exact) mass is 685 g/mol. The summed E-state index contributed by atoms with van der Waals surface area (Å²) in [5.74, 6) is -0.109. The van der Waals surface area contributed by atoms with E-state index in [0.29, 0.717) is 76.1 Å². The summed E-state index contributed by atoms with van der Waals surface area (Å²) in [6, 6.07) is 11.6. The van der Waals surface area contributed by atoms with E-state index in [1.54, 1.807) is 7.11 Å². The van der Waals surface area contributed by atoms with Gasteiger partial charge in [0.25, 0.3) is 0 Å². The fourth-order valence-corrected chi connectivity index (χ4v) is 5.78. The summed E-state index contributed by atoms with van der Waals surface area (Å²) in [4.78, 5) is 49.5. The van der Waals surface area contributed by atoms with Gasteiger partial charge in [-0.15, -0.1) is 0 Å². The summed E-state index contributed by atoms with van der Waals surface area (Å²) in [6.07, 6.45) is 4.71. The number of hydrogen-bond donors (Lipinski definition) is 5. The van der Waals surface area contributed by atoms with Crippen LogP contribution in [-0.2, 0) is 33.4 Å². The third kappa shape index (κ3) is 13.6. The van der Waals surface area contributed by atoms with Crippen LogP contribution in [-0.4, -0.2) is 83.7 Å². The van der Waals surface area contributed by atoms with Crippen molar-refractivity contribution in [2.24, 2.45) is 0 Å². The first-order valence-corrected chi connectivity index (χ1v) is 17.6. The molecule has 1 aliphatic carbocycles. The molecule has 12 heteroatoms. The van der Waals surface area contributed by atoms with E-state index in [-0.39, 0.29) is 55.2 Å².